The highest BCUT2D eigenvalue weighted by Crippen LogP contribution is 2.26. The highest BCUT2D eigenvalue weighted by Gasteiger charge is 2.35. The number of nitrogens with zero attached hydrogens (tertiary/aromatic N) is 2. The van der Waals surface area contributed by atoms with Crippen LogP contribution in [0.25, 0.3) is 6.08 Å². The number of hydrogen-bond acceptors (Lipinski definition) is 5. The molecular weight excluding hydrogens is 458 g/mol. The summed E-state index contributed by atoms with van der Waals surface area (Å²) >= 11 is 0. The van der Waals surface area contributed by atoms with Crippen molar-refractivity contribution in [3.05, 3.63) is 60.2 Å². The third kappa shape index (κ3) is 9.65. The van der Waals surface area contributed by atoms with Gasteiger partial charge in [0.05, 0.1) is 18.2 Å². The quantitative estimate of drug-likeness (QED) is 0.248. The lowest BCUT2D eigenvalue weighted by Crippen LogP contribution is -2.52. The van der Waals surface area contributed by atoms with Crippen LogP contribution in [-0.4, -0.2) is 44.5 Å². The van der Waals surface area contributed by atoms with E-state index in [9.17, 15) is 19.6 Å². The molecule has 4 N–H and O–H groups in total. The first-order valence-corrected chi connectivity index (χ1v) is 12.4. The Hall–Kier alpha value is -3.46. The number of allylic oxidation sites excluding steroid dienone is 1. The Morgan fingerprint density at radius 1 is 1.06 bits per heavy atom. The van der Waals surface area contributed by atoms with Gasteiger partial charge in [0.2, 0.25) is 17.7 Å². The first kappa shape index (κ1) is 28.8. The minimum absolute atomic E-state index is 0.113. The molecule has 0 aliphatic heterocycles. The second kappa shape index (κ2) is 14.8. The van der Waals surface area contributed by atoms with Crippen molar-refractivity contribution in [1.29, 1.82) is 0 Å². The third-order valence-corrected chi connectivity index (χ3v) is 5.75. The molecule has 0 fully saturated rings. The Morgan fingerprint density at radius 2 is 1.78 bits per heavy atom. The zero-order chi connectivity index (χ0) is 26.5. The molecule has 0 radical (unpaired) electrons. The van der Waals surface area contributed by atoms with Gasteiger partial charge >= 0.3 is 0 Å². The van der Waals surface area contributed by atoms with E-state index in [0.717, 1.165) is 11.3 Å². The van der Waals surface area contributed by atoms with E-state index in [0.29, 0.717) is 19.4 Å². The number of rotatable bonds is 13. The number of amides is 3. The average Bonchev–Trinajstić information content (AvgIpc) is 3.37. The van der Waals surface area contributed by atoms with Crippen molar-refractivity contribution in [2.75, 3.05) is 6.54 Å². The van der Waals surface area contributed by atoms with E-state index >= 15 is 0 Å². The van der Waals surface area contributed by atoms with Gasteiger partial charge in [0, 0.05) is 24.9 Å². The number of benzene rings is 1. The van der Waals surface area contributed by atoms with Crippen LogP contribution in [-0.2, 0) is 20.8 Å². The van der Waals surface area contributed by atoms with E-state index in [1.807, 2.05) is 70.2 Å². The van der Waals surface area contributed by atoms with Crippen LogP contribution in [0.5, 0.6) is 0 Å². The Bertz CT molecular complexity index is 973. The fraction of sp³-hybridized carbons (Fsp3) is 0.481. The molecule has 9 heteroatoms. The lowest BCUT2D eigenvalue weighted by Gasteiger charge is -2.30. The standard InChI is InChI=1S/C27H39N5O4/c1-19(2)15-24(23(27(35)31-36)12-8-11-21-9-6-5-7-10-21)26(34)30-32(17-20(3)4)25(33)14-13-22-16-28-18-29-22/h5-11,16,18-20,23-24,36H,12-15,17H2,1-4H3,(H,28,29)(H,30,34)(H,31,35)/b11-8+/t23-,24+/m0/s1. The van der Waals surface area contributed by atoms with E-state index in [1.165, 1.54) is 5.01 Å². The highest BCUT2D eigenvalue weighted by atomic mass is 16.5. The number of hydroxylamine groups is 1. The molecule has 0 aliphatic rings. The number of carbonyl (C=O) groups is 3. The maximum Gasteiger partial charge on any atom is 0.247 e. The highest BCUT2D eigenvalue weighted by molar-refractivity contribution is 5.89. The van der Waals surface area contributed by atoms with Crippen LogP contribution in [0.2, 0.25) is 0 Å². The molecule has 0 spiro atoms. The molecule has 3 amide bonds. The van der Waals surface area contributed by atoms with Crippen LogP contribution in [0.15, 0.2) is 48.9 Å². The fourth-order valence-corrected chi connectivity index (χ4v) is 4.00. The van der Waals surface area contributed by atoms with Crippen LogP contribution in [0.1, 0.15) is 58.2 Å². The van der Waals surface area contributed by atoms with Gasteiger partial charge in [-0.05, 0) is 36.7 Å². The van der Waals surface area contributed by atoms with Crippen molar-refractivity contribution in [2.45, 2.75) is 53.4 Å². The van der Waals surface area contributed by atoms with Crippen LogP contribution in [0.3, 0.4) is 0 Å². The van der Waals surface area contributed by atoms with E-state index in [1.54, 1.807) is 18.0 Å². The van der Waals surface area contributed by atoms with E-state index in [4.69, 9.17) is 0 Å². The third-order valence-electron chi connectivity index (χ3n) is 5.75. The molecule has 1 heterocycles. The van der Waals surface area contributed by atoms with Crippen molar-refractivity contribution in [3.8, 4) is 0 Å². The second-order valence-electron chi connectivity index (χ2n) is 9.82. The van der Waals surface area contributed by atoms with Crippen molar-refractivity contribution < 1.29 is 19.6 Å². The average molecular weight is 498 g/mol. The van der Waals surface area contributed by atoms with Gasteiger partial charge in [0.1, 0.15) is 0 Å². The smallest absolute Gasteiger partial charge is 0.247 e. The minimum atomic E-state index is -0.807. The Morgan fingerprint density at radius 3 is 2.36 bits per heavy atom. The molecule has 0 saturated carbocycles. The summed E-state index contributed by atoms with van der Waals surface area (Å²) in [5, 5.41) is 10.8. The van der Waals surface area contributed by atoms with Crippen molar-refractivity contribution >= 4 is 23.8 Å². The topological polar surface area (TPSA) is 127 Å². The number of H-pyrrole nitrogens is 1. The number of carbonyl (C=O) groups excluding carboxylic acids is 3. The van der Waals surface area contributed by atoms with Gasteiger partial charge < -0.3 is 4.98 Å². The van der Waals surface area contributed by atoms with Crippen LogP contribution >= 0.6 is 0 Å². The van der Waals surface area contributed by atoms with Gasteiger partial charge in [-0.3, -0.25) is 30.0 Å². The molecule has 196 valence electrons. The van der Waals surface area contributed by atoms with Gasteiger partial charge in [-0.25, -0.2) is 10.5 Å². The summed E-state index contributed by atoms with van der Waals surface area (Å²) in [5.41, 5.74) is 6.31. The number of aromatic amines is 1. The molecule has 1 aromatic heterocycles. The lowest BCUT2D eigenvalue weighted by molar-refractivity contribution is -0.147. The summed E-state index contributed by atoms with van der Waals surface area (Å²) in [6.45, 7) is 8.20. The summed E-state index contributed by atoms with van der Waals surface area (Å²) in [5.74, 6) is -2.58. The molecule has 2 rings (SSSR count). The Kier molecular flexibility index (Phi) is 11.9. The summed E-state index contributed by atoms with van der Waals surface area (Å²) < 4.78 is 0. The first-order chi connectivity index (χ1) is 17.2. The molecule has 0 saturated heterocycles. The largest absolute Gasteiger partial charge is 0.348 e. The predicted octanol–water partition coefficient (Wildman–Crippen LogP) is 3.75. The second-order valence-corrected chi connectivity index (χ2v) is 9.82. The molecular formula is C27H39N5O4. The number of aromatic nitrogens is 2. The summed E-state index contributed by atoms with van der Waals surface area (Å²) in [7, 11) is 0. The van der Waals surface area contributed by atoms with Gasteiger partial charge in [0.15, 0.2) is 0 Å². The Balaban J connectivity index is 2.19. The first-order valence-electron chi connectivity index (χ1n) is 12.4. The number of imidazole rings is 1. The number of hydrogen-bond donors (Lipinski definition) is 4. The SMILES string of the molecule is CC(C)C[C@@H](C(=O)NN(CC(C)C)C(=O)CCc1cnc[nH]1)[C@H](C/C=C/c1ccccc1)C(=O)NO. The van der Waals surface area contributed by atoms with Gasteiger partial charge in [0.25, 0.3) is 0 Å². The monoisotopic (exact) mass is 497 g/mol. The number of hydrazine groups is 1. The van der Waals surface area contributed by atoms with E-state index < -0.39 is 23.7 Å². The van der Waals surface area contributed by atoms with Crippen molar-refractivity contribution in [2.24, 2.45) is 23.7 Å². The van der Waals surface area contributed by atoms with Gasteiger partial charge in [-0.15, -0.1) is 0 Å². The minimum Gasteiger partial charge on any atom is -0.348 e. The predicted molar refractivity (Wildman–Crippen MR) is 138 cm³/mol. The van der Waals surface area contributed by atoms with E-state index in [-0.39, 0.29) is 30.6 Å². The summed E-state index contributed by atoms with van der Waals surface area (Å²) in [6.07, 6.45) is 8.28. The fourth-order valence-electron chi connectivity index (χ4n) is 4.00. The van der Waals surface area contributed by atoms with Crippen molar-refractivity contribution in [3.63, 3.8) is 0 Å². The molecule has 1 aromatic carbocycles. The molecule has 9 nitrogen and oxygen atoms in total. The molecule has 0 unspecified atom stereocenters. The van der Waals surface area contributed by atoms with Crippen LogP contribution < -0.4 is 10.9 Å². The van der Waals surface area contributed by atoms with E-state index in [2.05, 4.69) is 15.4 Å². The normalized spacial score (nSPS) is 13.1. The zero-order valence-electron chi connectivity index (χ0n) is 21.6. The maximum absolute atomic E-state index is 13.5. The molecule has 0 bridgehead atoms. The molecule has 0 aliphatic carbocycles. The van der Waals surface area contributed by atoms with Gasteiger partial charge in [-0.1, -0.05) is 70.2 Å². The molecule has 2 aromatic rings. The Labute approximate surface area is 213 Å². The molecule has 2 atom stereocenters. The summed E-state index contributed by atoms with van der Waals surface area (Å²) in [6, 6.07) is 9.63. The lowest BCUT2D eigenvalue weighted by atomic mass is 9.82. The number of aryl methyl sites for hydroxylation is 1. The van der Waals surface area contributed by atoms with Gasteiger partial charge in [-0.2, -0.15) is 0 Å². The van der Waals surface area contributed by atoms with Crippen molar-refractivity contribution in [1.82, 2.24) is 25.9 Å². The van der Waals surface area contributed by atoms with Crippen LogP contribution in [0, 0.1) is 23.7 Å². The summed E-state index contributed by atoms with van der Waals surface area (Å²) in [4.78, 5) is 46.1. The number of nitrogens with one attached hydrogen (secondary N) is 3. The molecule has 36 heavy (non-hydrogen) atoms. The maximum atomic E-state index is 13.5. The zero-order valence-corrected chi connectivity index (χ0v) is 21.6. The van der Waals surface area contributed by atoms with Crippen LogP contribution in [0.4, 0.5) is 0 Å².